The predicted octanol–water partition coefficient (Wildman–Crippen LogP) is 2.88. The van der Waals surface area contributed by atoms with Gasteiger partial charge >= 0.3 is 0 Å². The molecule has 10 heteroatoms. The van der Waals surface area contributed by atoms with E-state index in [0.29, 0.717) is 21.4 Å². The topological polar surface area (TPSA) is 97.4 Å². The summed E-state index contributed by atoms with van der Waals surface area (Å²) >= 11 is 7.05. The smallest absolute Gasteiger partial charge is 0.253 e. The number of hydrazine groups is 1. The number of sulfone groups is 1. The first-order valence-corrected chi connectivity index (χ1v) is 10.2. The molecule has 0 atom stereocenters. The van der Waals surface area contributed by atoms with Crippen LogP contribution >= 0.6 is 22.9 Å². The highest BCUT2D eigenvalue weighted by atomic mass is 35.5. The highest BCUT2D eigenvalue weighted by Gasteiger charge is 2.19. The van der Waals surface area contributed by atoms with E-state index in [2.05, 4.69) is 15.8 Å². The molecular formula is C16H14ClN3O4S2. The molecule has 26 heavy (non-hydrogen) atoms. The molecule has 3 aromatic rings. The molecule has 1 amide bonds. The average molecular weight is 412 g/mol. The average Bonchev–Trinajstić information content (AvgIpc) is 3.03. The molecular weight excluding hydrogens is 398 g/mol. The summed E-state index contributed by atoms with van der Waals surface area (Å²) in [5.41, 5.74) is 5.64. The van der Waals surface area contributed by atoms with Crippen molar-refractivity contribution in [3.05, 3.63) is 47.5 Å². The molecule has 0 saturated heterocycles. The van der Waals surface area contributed by atoms with Crippen LogP contribution in [0.1, 0.15) is 0 Å². The number of hydrogen-bond donors (Lipinski definition) is 2. The first-order chi connectivity index (χ1) is 12.4. The number of aromatic nitrogens is 1. The molecule has 0 fully saturated rings. The van der Waals surface area contributed by atoms with Gasteiger partial charge < -0.3 is 4.74 Å². The second-order valence-electron chi connectivity index (χ2n) is 5.21. The lowest BCUT2D eigenvalue weighted by Crippen LogP contribution is -2.34. The van der Waals surface area contributed by atoms with Crippen LogP contribution in [0, 0.1) is 0 Å². The Balaban J connectivity index is 1.66. The molecule has 0 saturated carbocycles. The fraction of sp³-hybridized carbons (Fsp3) is 0.125. The number of carbonyl (C=O) groups is 1. The van der Waals surface area contributed by atoms with E-state index in [1.54, 1.807) is 13.2 Å². The number of amides is 1. The van der Waals surface area contributed by atoms with Crippen LogP contribution in [0.25, 0.3) is 10.2 Å². The Morgan fingerprint density at radius 2 is 1.96 bits per heavy atom. The van der Waals surface area contributed by atoms with Gasteiger partial charge in [0.2, 0.25) is 5.13 Å². The molecule has 2 aromatic carbocycles. The van der Waals surface area contributed by atoms with Gasteiger partial charge in [0, 0.05) is 5.02 Å². The summed E-state index contributed by atoms with van der Waals surface area (Å²) in [5.74, 6) is -0.787. The van der Waals surface area contributed by atoms with Gasteiger partial charge in [-0.1, -0.05) is 29.0 Å². The first kappa shape index (κ1) is 18.4. The third kappa shape index (κ3) is 4.06. The Hall–Kier alpha value is -2.36. The first-order valence-electron chi connectivity index (χ1n) is 7.36. The summed E-state index contributed by atoms with van der Waals surface area (Å²) in [6.45, 7) is 0. The van der Waals surface area contributed by atoms with Crippen molar-refractivity contribution < 1.29 is 17.9 Å². The number of carbonyl (C=O) groups excluding carboxylic acids is 1. The minimum atomic E-state index is -3.76. The number of methoxy groups -OCH3 is 1. The molecule has 2 N–H and O–H groups in total. The largest absolute Gasteiger partial charge is 0.494 e. The second-order valence-corrected chi connectivity index (χ2v) is 8.67. The van der Waals surface area contributed by atoms with E-state index in [1.165, 1.54) is 35.6 Å². The fourth-order valence-electron chi connectivity index (χ4n) is 2.20. The molecule has 0 aliphatic heterocycles. The van der Waals surface area contributed by atoms with Gasteiger partial charge in [-0.2, -0.15) is 0 Å². The maximum absolute atomic E-state index is 12.2. The number of fused-ring (bicyclic) bond motifs is 1. The van der Waals surface area contributed by atoms with Gasteiger partial charge in [-0.05, 0) is 36.4 Å². The zero-order chi connectivity index (χ0) is 18.7. The maximum Gasteiger partial charge on any atom is 0.253 e. The Kier molecular flexibility index (Phi) is 5.30. The Morgan fingerprint density at radius 3 is 2.65 bits per heavy atom. The van der Waals surface area contributed by atoms with E-state index in [9.17, 15) is 13.2 Å². The molecule has 3 rings (SSSR count). The van der Waals surface area contributed by atoms with Gasteiger partial charge in [0.1, 0.15) is 17.0 Å². The van der Waals surface area contributed by atoms with Crippen molar-refractivity contribution in [2.45, 2.75) is 4.90 Å². The van der Waals surface area contributed by atoms with Crippen LogP contribution in [-0.2, 0) is 14.6 Å². The number of thiazole rings is 1. The molecule has 1 heterocycles. The number of nitrogens with one attached hydrogen (secondary N) is 2. The quantitative estimate of drug-likeness (QED) is 0.605. The van der Waals surface area contributed by atoms with Crippen LogP contribution in [0.5, 0.6) is 5.75 Å². The molecule has 0 bridgehead atoms. The summed E-state index contributed by atoms with van der Waals surface area (Å²) < 4.78 is 30.6. The van der Waals surface area contributed by atoms with Crippen molar-refractivity contribution >= 4 is 54.0 Å². The van der Waals surface area contributed by atoms with E-state index in [-0.39, 0.29) is 4.90 Å². The van der Waals surface area contributed by atoms with Crippen molar-refractivity contribution in [3.63, 3.8) is 0 Å². The third-order valence-electron chi connectivity index (χ3n) is 3.40. The van der Waals surface area contributed by atoms with Crippen LogP contribution in [-0.4, -0.2) is 32.2 Å². The predicted molar refractivity (Wildman–Crippen MR) is 101 cm³/mol. The minimum absolute atomic E-state index is 0.0294. The third-order valence-corrected chi connectivity index (χ3v) is 6.23. The highest BCUT2D eigenvalue weighted by molar-refractivity contribution is 7.92. The zero-order valence-corrected chi connectivity index (χ0v) is 15.9. The number of ether oxygens (including phenoxy) is 1. The van der Waals surface area contributed by atoms with E-state index in [0.717, 1.165) is 4.70 Å². The maximum atomic E-state index is 12.2. The Morgan fingerprint density at radius 1 is 1.23 bits per heavy atom. The summed E-state index contributed by atoms with van der Waals surface area (Å²) in [4.78, 5) is 16.3. The highest BCUT2D eigenvalue weighted by Crippen LogP contribution is 2.31. The minimum Gasteiger partial charge on any atom is -0.494 e. The van der Waals surface area contributed by atoms with Gasteiger partial charge in [-0.3, -0.25) is 15.6 Å². The molecule has 0 aliphatic rings. The molecule has 0 unspecified atom stereocenters. The van der Waals surface area contributed by atoms with Crippen molar-refractivity contribution in [1.29, 1.82) is 0 Å². The molecule has 0 spiro atoms. The lowest BCUT2D eigenvalue weighted by molar-refractivity contribution is -0.118. The lowest BCUT2D eigenvalue weighted by Gasteiger charge is -2.07. The van der Waals surface area contributed by atoms with Gasteiger partial charge in [0.25, 0.3) is 5.91 Å². The Bertz CT molecular complexity index is 1050. The van der Waals surface area contributed by atoms with Crippen LogP contribution in [0.15, 0.2) is 47.4 Å². The Labute approximate surface area is 158 Å². The van der Waals surface area contributed by atoms with Gasteiger partial charge in [0.05, 0.1) is 16.7 Å². The molecule has 1 aromatic heterocycles. The van der Waals surface area contributed by atoms with Crippen molar-refractivity contribution in [1.82, 2.24) is 10.4 Å². The number of nitrogens with zero attached hydrogens (tertiary/aromatic N) is 1. The van der Waals surface area contributed by atoms with E-state index >= 15 is 0 Å². The SMILES string of the molecule is COc1cccc2sc(NNC(=O)CS(=O)(=O)c3ccc(Cl)cc3)nc12. The van der Waals surface area contributed by atoms with E-state index in [1.807, 2.05) is 12.1 Å². The van der Waals surface area contributed by atoms with Crippen LogP contribution in [0.2, 0.25) is 5.02 Å². The molecule has 0 aliphatic carbocycles. The summed E-state index contributed by atoms with van der Waals surface area (Å²) in [5, 5.41) is 0.836. The monoisotopic (exact) mass is 411 g/mol. The molecule has 7 nitrogen and oxygen atoms in total. The molecule has 136 valence electrons. The normalized spacial score (nSPS) is 11.3. The lowest BCUT2D eigenvalue weighted by atomic mass is 10.3. The van der Waals surface area contributed by atoms with Crippen LogP contribution in [0.3, 0.4) is 0 Å². The number of benzene rings is 2. The number of anilines is 1. The van der Waals surface area contributed by atoms with Gasteiger partial charge in [-0.25, -0.2) is 13.4 Å². The van der Waals surface area contributed by atoms with Crippen molar-refractivity contribution in [2.24, 2.45) is 0 Å². The fourth-order valence-corrected chi connectivity index (χ4v) is 4.30. The number of rotatable bonds is 6. The summed E-state index contributed by atoms with van der Waals surface area (Å²) in [6, 6.07) is 11.1. The standard InChI is InChI=1S/C16H14ClN3O4S2/c1-24-12-3-2-4-13-15(12)18-16(25-13)20-19-14(21)9-26(22,23)11-7-5-10(17)6-8-11/h2-8H,9H2,1H3,(H,18,20)(H,19,21). The van der Waals surface area contributed by atoms with Gasteiger partial charge in [-0.15, -0.1) is 0 Å². The number of hydrogen-bond acceptors (Lipinski definition) is 7. The number of halogens is 1. The van der Waals surface area contributed by atoms with E-state index < -0.39 is 21.5 Å². The van der Waals surface area contributed by atoms with E-state index in [4.69, 9.17) is 16.3 Å². The van der Waals surface area contributed by atoms with Crippen LogP contribution < -0.4 is 15.6 Å². The van der Waals surface area contributed by atoms with Crippen molar-refractivity contribution in [2.75, 3.05) is 18.3 Å². The second kappa shape index (κ2) is 7.48. The van der Waals surface area contributed by atoms with Gasteiger partial charge in [0.15, 0.2) is 9.84 Å². The van der Waals surface area contributed by atoms with Crippen molar-refractivity contribution in [3.8, 4) is 5.75 Å². The zero-order valence-electron chi connectivity index (χ0n) is 13.5. The molecule has 0 radical (unpaired) electrons. The van der Waals surface area contributed by atoms with Crippen LogP contribution in [0.4, 0.5) is 5.13 Å². The summed E-state index contributed by atoms with van der Waals surface area (Å²) in [7, 11) is -2.22. The summed E-state index contributed by atoms with van der Waals surface area (Å²) in [6.07, 6.45) is 0. The number of para-hydroxylation sites is 1.